The van der Waals surface area contributed by atoms with Crippen molar-refractivity contribution in [1.29, 1.82) is 0 Å². The molecule has 0 spiro atoms. The Hall–Kier alpha value is -0.370. The molecule has 0 aliphatic carbocycles. The van der Waals surface area contributed by atoms with Gasteiger partial charge in [0.1, 0.15) is 5.78 Å². The van der Waals surface area contributed by atoms with Crippen LogP contribution in [0.5, 0.6) is 0 Å². The van der Waals surface area contributed by atoms with Gasteiger partial charge >= 0.3 is 0 Å². The molecule has 0 amide bonds. The maximum absolute atomic E-state index is 11.6. The minimum absolute atomic E-state index is 0.186. The Kier molecular flexibility index (Phi) is 5.06. The van der Waals surface area contributed by atoms with Gasteiger partial charge in [0, 0.05) is 6.42 Å². The van der Waals surface area contributed by atoms with Crippen molar-refractivity contribution >= 4 is 5.78 Å². The molecule has 0 saturated carbocycles. The first-order chi connectivity index (χ1) is 6.34. The normalized spacial score (nSPS) is 23.0. The van der Waals surface area contributed by atoms with Crippen LogP contribution >= 0.6 is 0 Å². The molecule has 13 heavy (non-hydrogen) atoms. The first kappa shape index (κ1) is 10.7. The zero-order chi connectivity index (χ0) is 9.52. The highest BCUT2D eigenvalue weighted by Gasteiger charge is 2.19. The van der Waals surface area contributed by atoms with Crippen molar-refractivity contribution in [2.45, 2.75) is 57.9 Å². The van der Waals surface area contributed by atoms with Crippen molar-refractivity contribution < 1.29 is 4.79 Å². The van der Waals surface area contributed by atoms with Gasteiger partial charge in [-0.25, -0.2) is 0 Å². The number of hydrogen-bond acceptors (Lipinski definition) is 2. The zero-order valence-corrected chi connectivity index (χ0v) is 8.64. The first-order valence-corrected chi connectivity index (χ1v) is 5.60. The second kappa shape index (κ2) is 6.14. The fourth-order valence-corrected chi connectivity index (χ4v) is 1.85. The molecule has 0 unspecified atom stereocenters. The van der Waals surface area contributed by atoms with Gasteiger partial charge in [0.15, 0.2) is 0 Å². The molecule has 1 rings (SSSR count). The maximum Gasteiger partial charge on any atom is 0.149 e. The molecule has 1 aliphatic heterocycles. The van der Waals surface area contributed by atoms with Gasteiger partial charge in [-0.1, -0.05) is 26.2 Å². The summed E-state index contributed by atoms with van der Waals surface area (Å²) in [5.74, 6) is 0.438. The molecule has 1 atom stereocenters. The van der Waals surface area contributed by atoms with Gasteiger partial charge in [-0.3, -0.25) is 4.79 Å². The number of rotatable bonds is 5. The molecule has 2 heteroatoms. The molecule has 0 radical (unpaired) electrons. The summed E-state index contributed by atoms with van der Waals surface area (Å²) in [7, 11) is 0. The summed E-state index contributed by atoms with van der Waals surface area (Å²) in [5, 5.41) is 3.30. The van der Waals surface area contributed by atoms with Crippen molar-refractivity contribution in [3.8, 4) is 0 Å². The molecule has 0 bridgehead atoms. The van der Waals surface area contributed by atoms with Gasteiger partial charge in [-0.05, 0) is 25.8 Å². The van der Waals surface area contributed by atoms with E-state index in [1.54, 1.807) is 0 Å². The van der Waals surface area contributed by atoms with Crippen molar-refractivity contribution in [3.63, 3.8) is 0 Å². The Bertz CT molecular complexity index is 150. The molecule has 2 nitrogen and oxygen atoms in total. The van der Waals surface area contributed by atoms with E-state index in [9.17, 15) is 4.79 Å². The molecule has 1 saturated heterocycles. The minimum atomic E-state index is 0.186. The second-order valence-corrected chi connectivity index (χ2v) is 3.93. The number of ketones is 1. The molecule has 1 aliphatic rings. The Balaban J connectivity index is 2.13. The summed E-state index contributed by atoms with van der Waals surface area (Å²) < 4.78 is 0. The molecule has 1 N–H and O–H groups in total. The topological polar surface area (TPSA) is 29.1 Å². The molecule has 0 aromatic rings. The van der Waals surface area contributed by atoms with Crippen LogP contribution < -0.4 is 5.32 Å². The summed E-state index contributed by atoms with van der Waals surface area (Å²) >= 11 is 0. The lowest BCUT2D eigenvalue weighted by Crippen LogP contribution is -2.40. The average Bonchev–Trinajstić information content (AvgIpc) is 2.19. The van der Waals surface area contributed by atoms with E-state index < -0.39 is 0 Å². The highest BCUT2D eigenvalue weighted by Crippen LogP contribution is 2.11. The Morgan fingerprint density at radius 3 is 2.85 bits per heavy atom. The van der Waals surface area contributed by atoms with E-state index >= 15 is 0 Å². The largest absolute Gasteiger partial charge is 0.307 e. The number of carbonyl (C=O) groups is 1. The quantitative estimate of drug-likeness (QED) is 0.662. The van der Waals surface area contributed by atoms with Crippen LogP contribution in [0.4, 0.5) is 0 Å². The van der Waals surface area contributed by atoms with Gasteiger partial charge in [-0.15, -0.1) is 0 Å². The van der Waals surface area contributed by atoms with Crippen LogP contribution in [0.15, 0.2) is 0 Å². The Morgan fingerprint density at radius 2 is 2.23 bits per heavy atom. The standard InChI is InChI=1S/C11H21NO/c1-2-3-4-8-11(13)10-7-5-6-9-12-10/h10,12H,2-9H2,1H3/t10-/m1/s1. The molecule has 1 fully saturated rings. The third-order valence-electron chi connectivity index (χ3n) is 2.73. The molecular weight excluding hydrogens is 162 g/mol. The third kappa shape index (κ3) is 3.90. The smallest absolute Gasteiger partial charge is 0.149 e. The van der Waals surface area contributed by atoms with Gasteiger partial charge in [0.05, 0.1) is 6.04 Å². The number of hydrogen-bond donors (Lipinski definition) is 1. The highest BCUT2D eigenvalue weighted by atomic mass is 16.1. The molecule has 76 valence electrons. The number of unbranched alkanes of at least 4 members (excludes halogenated alkanes) is 2. The van der Waals surface area contributed by atoms with Crippen LogP contribution in [0.25, 0.3) is 0 Å². The van der Waals surface area contributed by atoms with Gasteiger partial charge in [-0.2, -0.15) is 0 Å². The highest BCUT2D eigenvalue weighted by molar-refractivity contribution is 5.84. The van der Waals surface area contributed by atoms with Crippen LogP contribution in [-0.4, -0.2) is 18.4 Å². The number of nitrogens with one attached hydrogen (secondary N) is 1. The molecule has 0 aromatic heterocycles. The first-order valence-electron chi connectivity index (χ1n) is 5.60. The molecular formula is C11H21NO. The van der Waals surface area contributed by atoms with E-state index in [4.69, 9.17) is 0 Å². The lowest BCUT2D eigenvalue weighted by Gasteiger charge is -2.22. The van der Waals surface area contributed by atoms with Crippen LogP contribution in [0.2, 0.25) is 0 Å². The lowest BCUT2D eigenvalue weighted by atomic mass is 9.98. The summed E-state index contributed by atoms with van der Waals surface area (Å²) in [6, 6.07) is 0.186. The summed E-state index contributed by atoms with van der Waals surface area (Å²) in [4.78, 5) is 11.6. The van der Waals surface area contributed by atoms with Crippen LogP contribution in [-0.2, 0) is 4.79 Å². The summed E-state index contributed by atoms with van der Waals surface area (Å²) in [6.07, 6.45) is 7.77. The molecule has 0 aromatic carbocycles. The average molecular weight is 183 g/mol. The van der Waals surface area contributed by atoms with Crippen LogP contribution in [0.3, 0.4) is 0 Å². The fourth-order valence-electron chi connectivity index (χ4n) is 1.85. The number of Topliss-reactive ketones (excluding diaryl/α,β-unsaturated/α-hetero) is 1. The maximum atomic E-state index is 11.6. The van der Waals surface area contributed by atoms with Crippen LogP contribution in [0.1, 0.15) is 51.9 Å². The van der Waals surface area contributed by atoms with Gasteiger partial charge < -0.3 is 5.32 Å². The predicted molar refractivity (Wildman–Crippen MR) is 54.8 cm³/mol. The SMILES string of the molecule is CCCCCC(=O)[C@H]1CCCCN1. The monoisotopic (exact) mass is 183 g/mol. The van der Waals surface area contributed by atoms with E-state index in [0.717, 1.165) is 25.8 Å². The Labute approximate surface area is 81.1 Å². The third-order valence-corrected chi connectivity index (χ3v) is 2.73. The van der Waals surface area contributed by atoms with Crippen LogP contribution in [0, 0.1) is 0 Å². The number of carbonyl (C=O) groups excluding carboxylic acids is 1. The Morgan fingerprint density at radius 1 is 1.38 bits per heavy atom. The second-order valence-electron chi connectivity index (χ2n) is 3.93. The molecule has 1 heterocycles. The summed E-state index contributed by atoms with van der Waals surface area (Å²) in [5.41, 5.74) is 0. The fraction of sp³-hybridized carbons (Fsp3) is 0.909. The van der Waals surface area contributed by atoms with Crippen molar-refractivity contribution in [3.05, 3.63) is 0 Å². The van der Waals surface area contributed by atoms with E-state index in [2.05, 4.69) is 12.2 Å². The van der Waals surface area contributed by atoms with Gasteiger partial charge in [0.2, 0.25) is 0 Å². The van der Waals surface area contributed by atoms with Crippen molar-refractivity contribution in [1.82, 2.24) is 5.32 Å². The zero-order valence-electron chi connectivity index (χ0n) is 8.64. The van der Waals surface area contributed by atoms with Crippen molar-refractivity contribution in [2.24, 2.45) is 0 Å². The lowest BCUT2D eigenvalue weighted by molar-refractivity contribution is -0.121. The van der Waals surface area contributed by atoms with E-state index in [-0.39, 0.29) is 6.04 Å². The van der Waals surface area contributed by atoms with E-state index in [1.807, 2.05) is 0 Å². The minimum Gasteiger partial charge on any atom is -0.307 e. The van der Waals surface area contributed by atoms with Crippen molar-refractivity contribution in [2.75, 3.05) is 6.54 Å². The predicted octanol–water partition coefficient (Wildman–Crippen LogP) is 2.28. The van der Waals surface area contributed by atoms with E-state index in [1.165, 1.54) is 25.7 Å². The summed E-state index contributed by atoms with van der Waals surface area (Å²) in [6.45, 7) is 3.20. The number of piperidine rings is 1. The van der Waals surface area contributed by atoms with Gasteiger partial charge in [0.25, 0.3) is 0 Å². The van der Waals surface area contributed by atoms with E-state index in [0.29, 0.717) is 5.78 Å².